The minimum atomic E-state index is -0.572. The van der Waals surface area contributed by atoms with Crippen LogP contribution in [0.4, 0.5) is 17.1 Å². The molecule has 1 aliphatic rings. The second kappa shape index (κ2) is 9.02. The van der Waals surface area contributed by atoms with Gasteiger partial charge in [0.25, 0.3) is 11.6 Å². The van der Waals surface area contributed by atoms with Gasteiger partial charge < -0.3 is 5.32 Å². The third kappa shape index (κ3) is 4.32. The minimum absolute atomic E-state index is 0.00414. The number of carbonyl (C=O) groups excluding carboxylic acids is 2. The van der Waals surface area contributed by atoms with E-state index in [0.717, 1.165) is 22.9 Å². The van der Waals surface area contributed by atoms with Crippen LogP contribution < -0.4 is 10.2 Å². The molecule has 2 amide bonds. The number of carbonyl (C=O) groups is 2. The van der Waals surface area contributed by atoms with Gasteiger partial charge in [-0.3, -0.25) is 24.6 Å². The van der Waals surface area contributed by atoms with Crippen molar-refractivity contribution in [2.75, 3.05) is 16.0 Å². The van der Waals surface area contributed by atoms with E-state index in [1.165, 1.54) is 23.9 Å². The van der Waals surface area contributed by atoms with E-state index in [1.807, 2.05) is 49.4 Å². The van der Waals surface area contributed by atoms with Crippen LogP contribution in [0.15, 0.2) is 66.7 Å². The quantitative estimate of drug-likeness (QED) is 0.390. The lowest BCUT2D eigenvalue weighted by Gasteiger charge is -2.26. The molecule has 1 fully saturated rings. The Morgan fingerprint density at radius 1 is 1.16 bits per heavy atom. The molecule has 0 saturated carbocycles. The van der Waals surface area contributed by atoms with E-state index in [2.05, 4.69) is 5.32 Å². The molecule has 1 saturated heterocycles. The first-order chi connectivity index (χ1) is 15.3. The lowest BCUT2D eigenvalue weighted by atomic mass is 10.1. The number of nitrogens with one attached hydrogen (secondary N) is 1. The fraction of sp³-hybridized carbons (Fsp3) is 0.130. The Bertz CT molecular complexity index is 1230. The van der Waals surface area contributed by atoms with Crippen LogP contribution in [0, 0.1) is 17.0 Å². The van der Waals surface area contributed by atoms with Crippen molar-refractivity contribution in [3.8, 4) is 0 Å². The zero-order valence-corrected chi connectivity index (χ0v) is 18.5. The van der Waals surface area contributed by atoms with Gasteiger partial charge in [-0.05, 0) is 42.3 Å². The van der Waals surface area contributed by atoms with Crippen LogP contribution >= 0.6 is 23.4 Å². The molecule has 0 spiro atoms. The average Bonchev–Trinajstić information content (AvgIpc) is 3.15. The lowest BCUT2D eigenvalue weighted by molar-refractivity contribution is -0.384. The molecule has 1 heterocycles. The summed E-state index contributed by atoms with van der Waals surface area (Å²) in [5.74, 6) is -0.0806. The summed E-state index contributed by atoms with van der Waals surface area (Å²) in [6.07, 6.45) is 0. The molecule has 3 aromatic carbocycles. The van der Waals surface area contributed by atoms with Crippen molar-refractivity contribution < 1.29 is 14.5 Å². The molecule has 3 aromatic rings. The normalized spacial score (nSPS) is 15.6. The van der Waals surface area contributed by atoms with Crippen molar-refractivity contribution in [1.82, 2.24) is 0 Å². The van der Waals surface area contributed by atoms with E-state index in [1.54, 1.807) is 11.0 Å². The first-order valence-electron chi connectivity index (χ1n) is 9.69. The number of para-hydroxylation sites is 1. The summed E-state index contributed by atoms with van der Waals surface area (Å²) >= 11 is 7.60. The number of thioether (sulfide) groups is 1. The molecule has 32 heavy (non-hydrogen) atoms. The van der Waals surface area contributed by atoms with Crippen LogP contribution in [-0.2, 0) is 4.79 Å². The molecule has 0 bridgehead atoms. The molecular formula is C23H18ClN3O4S. The zero-order valence-electron chi connectivity index (χ0n) is 16.9. The Morgan fingerprint density at radius 2 is 1.94 bits per heavy atom. The number of non-ortho nitro benzene ring substituents is 1. The van der Waals surface area contributed by atoms with E-state index >= 15 is 0 Å². The largest absolute Gasteiger partial charge is 0.322 e. The highest BCUT2D eigenvalue weighted by Gasteiger charge is 2.34. The Morgan fingerprint density at radius 3 is 2.66 bits per heavy atom. The standard InChI is InChI=1S/C23H18ClN3O4S/c1-14-5-2-3-8-20(14)26-21(28)13-32-23(26)15-6-4-7-16(11-15)25-22(29)18-10-9-17(27(30)31)12-19(18)24/h2-12,23H,13H2,1H3,(H,25,29). The van der Waals surface area contributed by atoms with Crippen LogP contribution in [0.2, 0.25) is 5.02 Å². The summed E-state index contributed by atoms with van der Waals surface area (Å²) < 4.78 is 0. The molecule has 162 valence electrons. The molecule has 7 nitrogen and oxygen atoms in total. The third-order valence-corrected chi connectivity index (χ3v) is 6.61. The molecule has 0 radical (unpaired) electrons. The van der Waals surface area contributed by atoms with Gasteiger partial charge in [-0.15, -0.1) is 11.8 Å². The number of hydrogen-bond acceptors (Lipinski definition) is 5. The lowest BCUT2D eigenvalue weighted by Crippen LogP contribution is -2.28. The van der Waals surface area contributed by atoms with Crippen molar-refractivity contribution in [3.63, 3.8) is 0 Å². The first-order valence-corrected chi connectivity index (χ1v) is 11.1. The van der Waals surface area contributed by atoms with Crippen molar-refractivity contribution in [3.05, 3.63) is 98.6 Å². The Hall–Kier alpha value is -3.36. The van der Waals surface area contributed by atoms with Crippen molar-refractivity contribution >= 4 is 52.2 Å². The predicted octanol–water partition coefficient (Wildman–Crippen LogP) is 5.59. The molecule has 1 N–H and O–H groups in total. The van der Waals surface area contributed by atoms with Gasteiger partial charge in [0.15, 0.2) is 0 Å². The minimum Gasteiger partial charge on any atom is -0.322 e. The smallest absolute Gasteiger partial charge is 0.270 e. The van der Waals surface area contributed by atoms with Crippen LogP contribution in [0.25, 0.3) is 0 Å². The maximum Gasteiger partial charge on any atom is 0.270 e. The Kier molecular flexibility index (Phi) is 6.16. The SMILES string of the molecule is Cc1ccccc1N1C(=O)CSC1c1cccc(NC(=O)c2ccc([N+](=O)[O-])cc2Cl)c1. The number of aryl methyl sites for hydroxylation is 1. The highest BCUT2D eigenvalue weighted by molar-refractivity contribution is 8.00. The number of amides is 2. The number of hydrogen-bond donors (Lipinski definition) is 1. The first kappa shape index (κ1) is 21.9. The number of anilines is 2. The fourth-order valence-electron chi connectivity index (χ4n) is 3.53. The number of halogens is 1. The van der Waals surface area contributed by atoms with Crippen molar-refractivity contribution in [1.29, 1.82) is 0 Å². The number of benzene rings is 3. The summed E-state index contributed by atoms with van der Waals surface area (Å²) in [7, 11) is 0. The van der Waals surface area contributed by atoms with Gasteiger partial charge in [-0.2, -0.15) is 0 Å². The van der Waals surface area contributed by atoms with Gasteiger partial charge in [0.05, 0.1) is 21.3 Å². The fourth-order valence-corrected chi connectivity index (χ4v) is 4.95. The summed E-state index contributed by atoms with van der Waals surface area (Å²) in [6.45, 7) is 1.97. The number of rotatable bonds is 5. The zero-order chi connectivity index (χ0) is 22.8. The van der Waals surface area contributed by atoms with E-state index in [-0.39, 0.29) is 27.6 Å². The van der Waals surface area contributed by atoms with Crippen molar-refractivity contribution in [2.24, 2.45) is 0 Å². The van der Waals surface area contributed by atoms with Gasteiger partial charge in [-0.25, -0.2) is 0 Å². The number of nitro benzene ring substituents is 1. The van der Waals surface area contributed by atoms with Gasteiger partial charge in [0.2, 0.25) is 5.91 Å². The van der Waals surface area contributed by atoms with E-state index < -0.39 is 10.8 Å². The summed E-state index contributed by atoms with van der Waals surface area (Å²) in [4.78, 5) is 37.4. The molecule has 9 heteroatoms. The van der Waals surface area contributed by atoms with Crippen LogP contribution in [0.3, 0.4) is 0 Å². The second-order valence-corrected chi connectivity index (χ2v) is 8.69. The van der Waals surface area contributed by atoms with Crippen LogP contribution in [0.5, 0.6) is 0 Å². The molecular weight excluding hydrogens is 450 g/mol. The van der Waals surface area contributed by atoms with Gasteiger partial charge >= 0.3 is 0 Å². The Labute approximate surface area is 193 Å². The highest BCUT2D eigenvalue weighted by atomic mass is 35.5. The monoisotopic (exact) mass is 467 g/mol. The summed E-state index contributed by atoms with van der Waals surface area (Å²) in [5.41, 5.74) is 3.22. The van der Waals surface area contributed by atoms with Gasteiger partial charge in [0.1, 0.15) is 5.37 Å². The number of nitrogens with zero attached hydrogens (tertiary/aromatic N) is 2. The molecule has 4 rings (SSSR count). The predicted molar refractivity (Wildman–Crippen MR) is 126 cm³/mol. The van der Waals surface area contributed by atoms with E-state index in [9.17, 15) is 19.7 Å². The maximum absolute atomic E-state index is 12.7. The number of nitro groups is 1. The van der Waals surface area contributed by atoms with Gasteiger partial charge in [0, 0.05) is 23.5 Å². The molecule has 0 aromatic heterocycles. The highest BCUT2D eigenvalue weighted by Crippen LogP contribution is 2.43. The maximum atomic E-state index is 12.7. The summed E-state index contributed by atoms with van der Waals surface area (Å²) in [5, 5.41) is 13.4. The molecule has 0 aliphatic carbocycles. The Balaban J connectivity index is 1.59. The average molecular weight is 468 g/mol. The van der Waals surface area contributed by atoms with E-state index in [0.29, 0.717) is 11.4 Å². The third-order valence-electron chi connectivity index (χ3n) is 5.08. The van der Waals surface area contributed by atoms with Crippen LogP contribution in [0.1, 0.15) is 26.9 Å². The topological polar surface area (TPSA) is 92.6 Å². The molecule has 1 unspecified atom stereocenters. The second-order valence-electron chi connectivity index (χ2n) is 7.21. The van der Waals surface area contributed by atoms with Crippen molar-refractivity contribution in [2.45, 2.75) is 12.3 Å². The van der Waals surface area contributed by atoms with Crippen LogP contribution in [-0.4, -0.2) is 22.5 Å². The van der Waals surface area contributed by atoms with Gasteiger partial charge in [-0.1, -0.05) is 41.9 Å². The molecule has 1 atom stereocenters. The summed E-state index contributed by atoms with van der Waals surface area (Å²) in [6, 6.07) is 18.7. The molecule has 1 aliphatic heterocycles. The van der Waals surface area contributed by atoms with E-state index in [4.69, 9.17) is 11.6 Å².